The molecule has 10 heterocycles. The van der Waals surface area contributed by atoms with E-state index in [0.29, 0.717) is 74.3 Å². The van der Waals surface area contributed by atoms with Crippen molar-refractivity contribution < 1.29 is 101 Å². The Morgan fingerprint density at radius 3 is 1.29 bits per heavy atom. The van der Waals surface area contributed by atoms with Crippen LogP contribution in [0, 0.1) is 23.7 Å². The fourth-order valence-electron chi connectivity index (χ4n) is 16.3. The minimum Gasteiger partial charge on any atom is -0.496 e. The van der Waals surface area contributed by atoms with E-state index in [4.69, 9.17) is 43.4 Å². The molecule has 2 aliphatic carbocycles. The van der Waals surface area contributed by atoms with Gasteiger partial charge in [-0.25, -0.2) is 0 Å². The minimum atomic E-state index is -1.07. The molecule has 6 aliphatic heterocycles. The van der Waals surface area contributed by atoms with Crippen LogP contribution in [-0.2, 0) is 70.3 Å². The highest BCUT2D eigenvalue weighted by Gasteiger charge is 2.48. The van der Waals surface area contributed by atoms with Gasteiger partial charge < -0.3 is 58.0 Å². The Labute approximate surface area is 698 Å². The molecule has 35 nitrogen and oxygen atoms in total. The van der Waals surface area contributed by atoms with Crippen LogP contribution in [0.5, 0.6) is 34.5 Å². The maximum atomic E-state index is 13.4. The van der Waals surface area contributed by atoms with Gasteiger partial charge in [0.25, 0.3) is 41.2 Å². The molecule has 6 atom stereocenters. The first kappa shape index (κ1) is 86.4. The maximum absolute atomic E-state index is 13.4. The van der Waals surface area contributed by atoms with Gasteiger partial charge in [-0.1, -0.05) is 0 Å². The number of nitrogens with one attached hydrogen (secondary N) is 3. The quantitative estimate of drug-likeness (QED) is 0.0352. The van der Waals surface area contributed by atoms with Gasteiger partial charge in [-0.2, -0.15) is 0 Å². The summed E-state index contributed by atoms with van der Waals surface area (Å²) < 4.78 is 37.5. The molecule has 6 unspecified atom stereocenters. The number of fused-ring (bicyclic) bond motifs is 4. The number of hydrogen-bond acceptors (Lipinski definition) is 26. The Morgan fingerprint density at radius 2 is 0.893 bits per heavy atom. The summed E-state index contributed by atoms with van der Waals surface area (Å²) in [5, 5.41) is 26.2. The van der Waals surface area contributed by atoms with Gasteiger partial charge in [-0.3, -0.25) is 112 Å². The zero-order valence-electron chi connectivity index (χ0n) is 68.0. The van der Waals surface area contributed by atoms with Gasteiger partial charge in [0.1, 0.15) is 59.8 Å². The largest absolute Gasteiger partial charge is 0.496 e. The third-order valence-corrected chi connectivity index (χ3v) is 23.2. The molecule has 638 valence electrons. The van der Waals surface area contributed by atoms with E-state index < -0.39 is 65.3 Å². The number of ketones is 2. The lowest BCUT2D eigenvalue weighted by Gasteiger charge is -2.35. The number of benzene rings is 4. The maximum Gasteiger partial charge on any atom is 0.306 e. The van der Waals surface area contributed by atoms with E-state index in [1.165, 1.54) is 36.4 Å². The number of rotatable bonds is 26. The van der Waals surface area contributed by atoms with Crippen molar-refractivity contribution in [3.05, 3.63) is 164 Å². The molecule has 2 saturated carbocycles. The van der Waals surface area contributed by atoms with Crippen LogP contribution in [-0.4, -0.2) is 237 Å². The second-order valence-corrected chi connectivity index (χ2v) is 30.8. The smallest absolute Gasteiger partial charge is 0.306 e. The van der Waals surface area contributed by atoms with E-state index in [9.17, 15) is 67.1 Å². The van der Waals surface area contributed by atoms with Crippen molar-refractivity contribution in [3.63, 3.8) is 0 Å². The van der Waals surface area contributed by atoms with Crippen LogP contribution in [0.1, 0.15) is 117 Å². The van der Waals surface area contributed by atoms with Crippen molar-refractivity contribution in [1.82, 2.24) is 59.6 Å². The number of aliphatic carboxylic acids is 1. The summed E-state index contributed by atoms with van der Waals surface area (Å²) >= 11 is 0. The summed E-state index contributed by atoms with van der Waals surface area (Å²) in [6.45, 7) is 7.07. The van der Waals surface area contributed by atoms with Gasteiger partial charge in [0.2, 0.25) is 29.5 Å². The molecule has 5 N–H and O–H groups in total. The number of piperidine rings is 2. The lowest BCUT2D eigenvalue weighted by Crippen LogP contribution is -2.54. The van der Waals surface area contributed by atoms with Crippen molar-refractivity contribution in [3.8, 4) is 56.8 Å². The van der Waals surface area contributed by atoms with Crippen molar-refractivity contribution in [1.29, 1.82) is 0 Å². The second kappa shape index (κ2) is 37.9. The lowest BCUT2D eigenvalue weighted by molar-refractivity contribution is -0.139. The molecule has 35 heteroatoms. The van der Waals surface area contributed by atoms with Crippen LogP contribution in [0.3, 0.4) is 0 Å². The topological polar surface area (TPSA) is 440 Å². The SMILES string of the molecule is COc1cc(-c2cn(C)c(=O)c3cnccc23)cc(OC)c1CN1CCN(C(=O)C2CC2CCC(=O)COc2ccc3c(c2)C(=O)N(C2CCC(=O)NC2=O)C3=O)CC1.COc1cc(-c2cn(C)c(=O)c3cnccc23)cc(OC)c1CN1CCNCC1.O=C(CCC1CC1C(=O)O)COc1ccc2c(c1)C(=O)N(C1CCC(=O)NC1=O)C2=O.O=CO. The number of carboxylic acid groups (broad SMARTS) is 2. The average Bonchev–Trinajstić information content (AvgIpc) is 1.57. The fourth-order valence-corrected chi connectivity index (χ4v) is 16.3. The van der Waals surface area contributed by atoms with E-state index >= 15 is 0 Å². The molecule has 122 heavy (non-hydrogen) atoms. The Hall–Kier alpha value is -13.4. The molecule has 8 aromatic rings. The summed E-state index contributed by atoms with van der Waals surface area (Å²) in [6.07, 6.45) is 13.3. The fraction of sp³-hybridized carbons (Fsp3) is 0.391. The monoisotopic (exact) mass is 1670 g/mol. The number of amides is 9. The van der Waals surface area contributed by atoms with Gasteiger partial charge in [0.15, 0.2) is 11.6 Å². The third kappa shape index (κ3) is 18.9. The molecule has 9 amide bonds. The van der Waals surface area contributed by atoms with E-state index in [1.807, 2.05) is 47.5 Å². The molecule has 4 aromatic heterocycles. The van der Waals surface area contributed by atoms with Crippen molar-refractivity contribution in [2.45, 2.75) is 89.4 Å². The minimum absolute atomic E-state index is 0.0247. The van der Waals surface area contributed by atoms with Gasteiger partial charge in [-0.15, -0.1) is 0 Å². The van der Waals surface area contributed by atoms with Crippen LogP contribution in [0.4, 0.5) is 0 Å². The lowest BCUT2D eigenvalue weighted by atomic mass is 9.98. The highest BCUT2D eigenvalue weighted by atomic mass is 16.5. The summed E-state index contributed by atoms with van der Waals surface area (Å²) in [5.74, 6) is -2.83. The number of nitrogens with zero attached hydrogens (tertiary/aromatic N) is 9. The molecular weight excluding hydrogens is 1580 g/mol. The van der Waals surface area contributed by atoms with Crippen LogP contribution < -0.4 is 55.5 Å². The predicted molar refractivity (Wildman–Crippen MR) is 436 cm³/mol. The Morgan fingerprint density at radius 1 is 0.500 bits per heavy atom. The first-order chi connectivity index (χ1) is 58.7. The van der Waals surface area contributed by atoms with Crippen LogP contribution in [0.15, 0.2) is 120 Å². The number of aryl methyl sites for hydroxylation is 2. The molecule has 0 radical (unpaired) electrons. The number of ether oxygens (including phenoxy) is 6. The van der Waals surface area contributed by atoms with Gasteiger partial charge in [0, 0.05) is 159 Å². The zero-order valence-corrected chi connectivity index (χ0v) is 68.0. The molecule has 4 saturated heterocycles. The van der Waals surface area contributed by atoms with E-state index in [1.54, 1.807) is 82.7 Å². The molecule has 0 bridgehead atoms. The number of carbonyl (C=O) groups excluding carboxylic acids is 11. The number of piperazine rings is 2. The number of carboxylic acids is 1. The first-order valence-corrected chi connectivity index (χ1v) is 39.9. The third-order valence-electron chi connectivity index (χ3n) is 23.2. The first-order valence-electron chi connectivity index (χ1n) is 39.9. The van der Waals surface area contributed by atoms with Gasteiger partial charge >= 0.3 is 5.97 Å². The van der Waals surface area contributed by atoms with Crippen LogP contribution in [0.25, 0.3) is 43.8 Å². The predicted octanol–water partition coefficient (Wildman–Crippen LogP) is 4.99. The number of carbonyl (C=O) groups is 13. The van der Waals surface area contributed by atoms with Gasteiger partial charge in [-0.05, 0) is 145 Å². The Bertz CT molecular complexity index is 5600. The number of imide groups is 4. The van der Waals surface area contributed by atoms with Crippen LogP contribution in [0.2, 0.25) is 0 Å². The normalized spacial score (nSPS) is 19.8. The molecule has 8 aliphatic rings. The molecular formula is C87H92N12O23. The Kier molecular flexibility index (Phi) is 26.9. The van der Waals surface area contributed by atoms with E-state index in [2.05, 4.69) is 35.7 Å². The molecule has 4 aromatic carbocycles. The number of methoxy groups -OCH3 is 4. The molecule has 0 spiro atoms. The summed E-state index contributed by atoms with van der Waals surface area (Å²) in [7, 11) is 10.1. The van der Waals surface area contributed by atoms with Crippen molar-refractivity contribution in [2.75, 3.05) is 94.0 Å². The van der Waals surface area contributed by atoms with Crippen molar-refractivity contribution in [2.24, 2.45) is 37.8 Å². The van der Waals surface area contributed by atoms with Gasteiger partial charge in [0.05, 0.1) is 78.5 Å². The van der Waals surface area contributed by atoms with E-state index in [-0.39, 0.29) is 144 Å². The summed E-state index contributed by atoms with van der Waals surface area (Å²) in [4.78, 5) is 198. The highest BCUT2D eigenvalue weighted by molar-refractivity contribution is 6.25. The molecule has 16 rings (SSSR count). The average molecular weight is 1670 g/mol. The number of pyridine rings is 4. The van der Waals surface area contributed by atoms with E-state index in [0.717, 1.165) is 105 Å². The number of Topliss-reactive ketones (excluding diaryl/α,β-unsaturated/α-hetero) is 2. The summed E-state index contributed by atoms with van der Waals surface area (Å²) in [6, 6.07) is 18.1. The van der Waals surface area contributed by atoms with Crippen LogP contribution >= 0.6 is 0 Å². The second-order valence-electron chi connectivity index (χ2n) is 30.8. The standard InChI is InChI=1S/C43H44N6O10.C22H26N4O3.C21H20N2O8.CH2O2/c1-46-21-33(28-10-11-44-20-32(28)40(46)53)25-17-36(57-2)34(37(18-25)58-3)22-47-12-14-48(15-13-47)41(54)30-16-24(30)4-5-26(50)23-59-27-6-7-29-31(19-27)43(56)49(42(29)55)35-8-9-38(51)45-39(35)52;1-25-13-18(16-4-5-24-12-17(16)22(25)27)15-10-20(28-2)19(21(11-15)29-3)14-26-8-6-23-7-9-26;24-11(2-1-10-7-14(10)21(29)30)9-31-12-3-4-13-15(8-12)20(28)23(19(13)27)16-5-6-17(25)22-18(16)26;2-1-3/h6-7,10-11,17-21,24,30,35H,4-5,8-9,12-16,22-23H2,1-3H3,(H,45,51,52);4-5,10-13,23H,6-9,14H2,1-3H3;3-4,8,10,14,16H,1-2,5-7,9H2,(H,29,30)(H,22,25,26);1H,(H,2,3). The zero-order chi connectivity index (χ0) is 86.9. The number of aromatic nitrogens is 4. The molecule has 6 fully saturated rings. The highest BCUT2D eigenvalue weighted by Crippen LogP contribution is 2.46. The Balaban J connectivity index is 0.000000171. The number of hydrogen-bond donors (Lipinski definition) is 5. The summed E-state index contributed by atoms with van der Waals surface area (Å²) in [5.41, 5.74) is 5.71. The van der Waals surface area contributed by atoms with Crippen molar-refractivity contribution >= 4 is 98.7 Å².